The highest BCUT2D eigenvalue weighted by molar-refractivity contribution is 8.15. The number of sulfone groups is 1. The summed E-state index contributed by atoms with van der Waals surface area (Å²) in [7, 11) is -3.22. The number of amidine groups is 1. The van der Waals surface area contributed by atoms with Crippen molar-refractivity contribution in [3.8, 4) is 0 Å². The Kier molecular flexibility index (Phi) is 7.94. The van der Waals surface area contributed by atoms with E-state index >= 15 is 0 Å². The topological polar surface area (TPSA) is 105 Å². The largest absolute Gasteiger partial charge is 0.444 e. The molecule has 1 N–H and O–H groups in total. The van der Waals surface area contributed by atoms with E-state index in [0.29, 0.717) is 5.17 Å². The molecule has 2 aromatic carbocycles. The number of ether oxygens (including phenoxy) is 1. The third kappa shape index (κ3) is 7.32. The Hall–Kier alpha value is -2.92. The van der Waals surface area contributed by atoms with E-state index in [1.807, 2.05) is 30.3 Å². The number of rotatable bonds is 6. The first-order chi connectivity index (χ1) is 17.4. The van der Waals surface area contributed by atoms with Crippen molar-refractivity contribution in [2.24, 2.45) is 4.99 Å². The molecule has 8 nitrogen and oxygen atoms in total. The van der Waals surface area contributed by atoms with Gasteiger partial charge in [-0.05, 0) is 44.0 Å². The fourth-order valence-electron chi connectivity index (χ4n) is 4.28. The van der Waals surface area contributed by atoms with Crippen LogP contribution in [0.4, 0.5) is 9.18 Å². The molecule has 0 aliphatic carbocycles. The van der Waals surface area contributed by atoms with Gasteiger partial charge in [-0.3, -0.25) is 4.79 Å². The highest BCUT2D eigenvalue weighted by atomic mass is 32.2. The highest BCUT2D eigenvalue weighted by Gasteiger charge is 2.49. The smallest absolute Gasteiger partial charge is 0.408 e. The molecule has 2 heterocycles. The fourth-order valence-corrected chi connectivity index (χ4v) is 8.24. The van der Waals surface area contributed by atoms with Crippen LogP contribution in [0.15, 0.2) is 59.6 Å². The van der Waals surface area contributed by atoms with E-state index in [2.05, 4.69) is 10.3 Å². The Balaban J connectivity index is 1.60. The Morgan fingerprint density at radius 3 is 2.43 bits per heavy atom. The molecule has 2 aromatic rings. The van der Waals surface area contributed by atoms with Crippen molar-refractivity contribution in [2.75, 3.05) is 11.5 Å². The fraction of sp³-hybridized carbons (Fsp3) is 0.423. The maximum absolute atomic E-state index is 13.4. The van der Waals surface area contributed by atoms with Crippen molar-refractivity contribution >= 4 is 38.8 Å². The van der Waals surface area contributed by atoms with E-state index in [1.54, 1.807) is 37.8 Å². The van der Waals surface area contributed by atoms with Crippen molar-refractivity contribution in [2.45, 2.75) is 56.7 Å². The molecule has 3 atom stereocenters. The van der Waals surface area contributed by atoms with Crippen molar-refractivity contribution in [1.82, 2.24) is 10.2 Å². The van der Waals surface area contributed by atoms with Crippen molar-refractivity contribution < 1.29 is 27.1 Å². The number of aliphatic imine (C=N–C) groups is 1. The van der Waals surface area contributed by atoms with Crippen LogP contribution in [0.5, 0.6) is 0 Å². The molecule has 2 saturated heterocycles. The van der Waals surface area contributed by atoms with Gasteiger partial charge in [-0.1, -0.05) is 54.2 Å². The van der Waals surface area contributed by atoms with Gasteiger partial charge in [0.25, 0.3) is 5.91 Å². The molecule has 0 radical (unpaired) electrons. The van der Waals surface area contributed by atoms with Crippen LogP contribution in [0, 0.1) is 5.82 Å². The molecular weight excluding hydrogens is 517 g/mol. The Bertz CT molecular complexity index is 1280. The second-order valence-corrected chi connectivity index (χ2v) is 13.5. The molecule has 11 heteroatoms. The number of nitrogens with zero attached hydrogens (tertiary/aromatic N) is 2. The Labute approximate surface area is 220 Å². The van der Waals surface area contributed by atoms with E-state index in [-0.39, 0.29) is 41.6 Å². The van der Waals surface area contributed by atoms with Gasteiger partial charge in [-0.2, -0.15) is 4.99 Å². The zero-order valence-corrected chi connectivity index (χ0v) is 22.5. The number of thioether (sulfide) groups is 1. The average Bonchev–Trinajstić information content (AvgIpc) is 3.25. The van der Waals surface area contributed by atoms with Crippen LogP contribution in [-0.2, 0) is 32.3 Å². The summed E-state index contributed by atoms with van der Waals surface area (Å²) in [4.78, 5) is 32.1. The monoisotopic (exact) mass is 547 g/mol. The number of nitrogens with one attached hydrogen (secondary N) is 1. The van der Waals surface area contributed by atoms with Gasteiger partial charge in [0.1, 0.15) is 17.5 Å². The quantitative estimate of drug-likeness (QED) is 0.590. The first kappa shape index (κ1) is 27.1. The molecule has 2 amide bonds. The molecule has 37 heavy (non-hydrogen) atoms. The Morgan fingerprint density at radius 1 is 1.11 bits per heavy atom. The summed E-state index contributed by atoms with van der Waals surface area (Å²) in [5.74, 6) is -0.979. The van der Waals surface area contributed by atoms with Gasteiger partial charge in [0.05, 0.1) is 17.5 Å². The summed E-state index contributed by atoms with van der Waals surface area (Å²) in [5.41, 5.74) is 0.856. The van der Waals surface area contributed by atoms with Gasteiger partial charge in [0.2, 0.25) is 0 Å². The number of amides is 2. The molecule has 0 aromatic heterocycles. The van der Waals surface area contributed by atoms with Crippen LogP contribution in [0.25, 0.3) is 0 Å². The van der Waals surface area contributed by atoms with Crippen molar-refractivity contribution in [3.63, 3.8) is 0 Å². The van der Waals surface area contributed by atoms with E-state index in [4.69, 9.17) is 4.74 Å². The number of alkyl carbamates (subject to hydrolysis) is 1. The summed E-state index contributed by atoms with van der Waals surface area (Å²) in [6.45, 7) is 5.47. The zero-order chi connectivity index (χ0) is 26.8. The van der Waals surface area contributed by atoms with Crippen LogP contribution in [-0.4, -0.2) is 64.9 Å². The lowest BCUT2D eigenvalue weighted by molar-refractivity contribution is -0.119. The third-order valence-electron chi connectivity index (χ3n) is 5.92. The van der Waals surface area contributed by atoms with Gasteiger partial charge < -0.3 is 15.0 Å². The minimum Gasteiger partial charge on any atom is -0.444 e. The first-order valence-electron chi connectivity index (χ1n) is 11.9. The maximum Gasteiger partial charge on any atom is 0.408 e. The second-order valence-electron chi connectivity index (χ2n) is 10.2. The third-order valence-corrected chi connectivity index (χ3v) is 9.17. The van der Waals surface area contributed by atoms with E-state index in [9.17, 15) is 22.4 Å². The summed E-state index contributed by atoms with van der Waals surface area (Å²) in [5, 5.41) is 2.78. The lowest BCUT2D eigenvalue weighted by Crippen LogP contribution is -2.45. The van der Waals surface area contributed by atoms with Gasteiger partial charge in [-0.15, -0.1) is 0 Å². The second kappa shape index (κ2) is 10.8. The van der Waals surface area contributed by atoms with Gasteiger partial charge in [0, 0.05) is 18.2 Å². The van der Waals surface area contributed by atoms with E-state index in [1.165, 1.54) is 23.9 Å². The predicted octanol–water partition coefficient (Wildman–Crippen LogP) is 3.56. The molecule has 2 aliphatic heterocycles. The zero-order valence-electron chi connectivity index (χ0n) is 20.9. The number of hydrogen-bond donors (Lipinski definition) is 1. The molecule has 0 unspecified atom stereocenters. The van der Waals surface area contributed by atoms with Gasteiger partial charge >= 0.3 is 6.09 Å². The Morgan fingerprint density at radius 2 is 1.78 bits per heavy atom. The SMILES string of the molecule is CC(C)(C)OC(=O)N[C@H](Cc1ccccc1)C(=O)N=C1S[C@H]2CS(=O)(=O)C[C@@H]2N1Cc1ccc(F)cc1. The van der Waals surface area contributed by atoms with Crippen molar-refractivity contribution in [1.29, 1.82) is 0 Å². The summed E-state index contributed by atoms with van der Waals surface area (Å²) < 4.78 is 43.4. The average molecular weight is 548 g/mol. The molecule has 0 spiro atoms. The molecule has 0 saturated carbocycles. The van der Waals surface area contributed by atoms with E-state index in [0.717, 1.165) is 11.1 Å². The van der Waals surface area contributed by atoms with Gasteiger partial charge in [-0.25, -0.2) is 17.6 Å². The van der Waals surface area contributed by atoms with Crippen LogP contribution in [0.3, 0.4) is 0 Å². The lowest BCUT2D eigenvalue weighted by atomic mass is 10.1. The number of carbonyl (C=O) groups is 2. The summed E-state index contributed by atoms with van der Waals surface area (Å²) in [6.07, 6.45) is -0.522. The number of carbonyl (C=O) groups excluding carboxylic acids is 2. The number of benzene rings is 2. The van der Waals surface area contributed by atoms with E-state index < -0.39 is 33.5 Å². The highest BCUT2D eigenvalue weighted by Crippen LogP contribution is 2.39. The van der Waals surface area contributed by atoms with Crippen LogP contribution >= 0.6 is 11.8 Å². The van der Waals surface area contributed by atoms with Gasteiger partial charge in [0.15, 0.2) is 15.0 Å². The maximum atomic E-state index is 13.4. The van der Waals surface area contributed by atoms with Crippen LogP contribution in [0.2, 0.25) is 0 Å². The summed E-state index contributed by atoms with van der Waals surface area (Å²) >= 11 is 1.25. The number of fused-ring (bicyclic) bond motifs is 1. The molecule has 2 aliphatic rings. The molecular formula is C26H30FN3O5S2. The predicted molar refractivity (Wildman–Crippen MR) is 142 cm³/mol. The number of hydrogen-bond acceptors (Lipinski definition) is 6. The van der Waals surface area contributed by atoms with Crippen LogP contribution < -0.4 is 5.32 Å². The standard InChI is InChI=1S/C26H30FN3O5S2/c1-26(2,3)35-25(32)28-20(13-17-7-5-4-6-8-17)23(31)29-24-30(14-18-9-11-19(27)12-10-18)21-15-37(33,34)16-22(21)36-24/h4-12,20-22H,13-16H2,1-3H3,(H,28,32)/t20-,21+,22+/m1/s1. The summed E-state index contributed by atoms with van der Waals surface area (Å²) in [6, 6.07) is 13.8. The molecule has 0 bridgehead atoms. The molecule has 2 fully saturated rings. The minimum absolute atomic E-state index is 0.000928. The normalized spacial score (nSPS) is 22.5. The minimum atomic E-state index is -3.22. The molecule has 198 valence electrons. The number of halogens is 1. The molecule has 4 rings (SSSR count). The lowest BCUT2D eigenvalue weighted by Gasteiger charge is -2.25. The van der Waals surface area contributed by atoms with Crippen molar-refractivity contribution in [3.05, 3.63) is 71.5 Å². The van der Waals surface area contributed by atoms with Crippen LogP contribution in [0.1, 0.15) is 31.9 Å². The first-order valence-corrected chi connectivity index (χ1v) is 14.6.